The van der Waals surface area contributed by atoms with E-state index in [0.29, 0.717) is 12.2 Å². The summed E-state index contributed by atoms with van der Waals surface area (Å²) in [6, 6.07) is 0. The van der Waals surface area contributed by atoms with E-state index < -0.39 is 0 Å². The quantitative estimate of drug-likeness (QED) is 0.784. The fraction of sp³-hybridized carbons (Fsp3) is 0.700. The summed E-state index contributed by atoms with van der Waals surface area (Å²) in [5.41, 5.74) is 0.434. The molecule has 5 nitrogen and oxygen atoms in total. The molecule has 1 amide bonds. The minimum absolute atomic E-state index is 0.104. The molecule has 0 aliphatic carbocycles. The van der Waals surface area contributed by atoms with E-state index >= 15 is 0 Å². The maximum atomic E-state index is 11.6. The zero-order chi connectivity index (χ0) is 12.0. The van der Waals surface area contributed by atoms with E-state index in [0.717, 1.165) is 18.2 Å². The van der Waals surface area contributed by atoms with Crippen LogP contribution >= 0.6 is 15.9 Å². The summed E-state index contributed by atoms with van der Waals surface area (Å²) in [5.74, 6) is -0.180. The van der Waals surface area contributed by atoms with Gasteiger partial charge in [0.2, 0.25) is 0 Å². The molecule has 0 saturated carbocycles. The van der Waals surface area contributed by atoms with Gasteiger partial charge in [-0.25, -0.2) is 0 Å². The summed E-state index contributed by atoms with van der Waals surface area (Å²) in [5, 5.41) is 13.6. The maximum absolute atomic E-state index is 11.6. The number of halogens is 1. The van der Waals surface area contributed by atoms with Crippen LogP contribution in [0.25, 0.3) is 0 Å². The van der Waals surface area contributed by atoms with Crippen LogP contribution in [0.4, 0.5) is 0 Å². The van der Waals surface area contributed by atoms with E-state index in [-0.39, 0.29) is 11.3 Å². The molecule has 0 fully saturated rings. The Balaban J connectivity index is 2.36. The number of rotatable bonds is 6. The van der Waals surface area contributed by atoms with E-state index in [4.69, 9.17) is 0 Å². The smallest absolute Gasteiger partial charge is 0.273 e. The van der Waals surface area contributed by atoms with E-state index in [1.54, 1.807) is 0 Å². The summed E-state index contributed by atoms with van der Waals surface area (Å²) < 4.78 is 0. The Bertz CT molecular complexity index is 324. The Morgan fingerprint density at radius 3 is 2.94 bits per heavy atom. The number of amides is 1. The second-order valence-electron chi connectivity index (χ2n) is 4.49. The molecule has 16 heavy (non-hydrogen) atoms. The highest BCUT2D eigenvalue weighted by atomic mass is 79.9. The van der Waals surface area contributed by atoms with Crippen molar-refractivity contribution < 1.29 is 4.79 Å². The average molecular weight is 289 g/mol. The van der Waals surface area contributed by atoms with Gasteiger partial charge in [-0.05, 0) is 18.3 Å². The van der Waals surface area contributed by atoms with Gasteiger partial charge < -0.3 is 5.32 Å². The van der Waals surface area contributed by atoms with Crippen molar-refractivity contribution in [2.75, 3.05) is 11.9 Å². The van der Waals surface area contributed by atoms with Crippen LogP contribution in [-0.2, 0) is 0 Å². The first-order valence-electron chi connectivity index (χ1n) is 5.25. The Hall–Kier alpha value is -0.910. The molecule has 0 saturated heterocycles. The van der Waals surface area contributed by atoms with Crippen LogP contribution in [0.2, 0.25) is 0 Å². The second kappa shape index (κ2) is 5.98. The monoisotopic (exact) mass is 288 g/mol. The largest absolute Gasteiger partial charge is 0.350 e. The normalized spacial score (nSPS) is 11.4. The lowest BCUT2D eigenvalue weighted by atomic mass is 9.88. The van der Waals surface area contributed by atoms with Crippen LogP contribution in [-0.4, -0.2) is 33.2 Å². The molecule has 0 radical (unpaired) electrons. The van der Waals surface area contributed by atoms with E-state index in [2.05, 4.69) is 50.5 Å². The fourth-order valence-electron chi connectivity index (χ4n) is 1.35. The number of alkyl halides is 1. The molecule has 0 aliphatic rings. The van der Waals surface area contributed by atoms with Crippen LogP contribution in [0.15, 0.2) is 6.20 Å². The number of hydrogen-bond acceptors (Lipinski definition) is 3. The molecule has 6 heteroatoms. The lowest BCUT2D eigenvalue weighted by Crippen LogP contribution is -2.34. The molecule has 0 spiro atoms. The topological polar surface area (TPSA) is 70.7 Å². The number of nitrogens with zero attached hydrogens (tertiary/aromatic N) is 2. The number of aromatic amines is 1. The van der Waals surface area contributed by atoms with Gasteiger partial charge in [0.1, 0.15) is 0 Å². The molecule has 0 unspecified atom stereocenters. The first-order valence-corrected chi connectivity index (χ1v) is 6.37. The standard InChI is InChI=1S/C10H17BrN4O/c1-10(2,4-3-5-11)7-12-9(16)8-6-13-15-14-8/h6H,3-5,7H2,1-2H3,(H,12,16)(H,13,14,15). The van der Waals surface area contributed by atoms with Gasteiger partial charge in [-0.3, -0.25) is 4.79 Å². The average Bonchev–Trinajstić information content (AvgIpc) is 2.77. The lowest BCUT2D eigenvalue weighted by Gasteiger charge is -2.24. The molecule has 90 valence electrons. The molecule has 1 heterocycles. The van der Waals surface area contributed by atoms with Crippen LogP contribution in [0.3, 0.4) is 0 Å². The molecule has 0 atom stereocenters. The summed E-state index contributed by atoms with van der Waals surface area (Å²) in [4.78, 5) is 11.6. The van der Waals surface area contributed by atoms with Crippen molar-refractivity contribution in [1.29, 1.82) is 0 Å². The molecular formula is C10H17BrN4O. The zero-order valence-corrected chi connectivity index (χ0v) is 11.2. The molecule has 1 aromatic rings. The van der Waals surface area contributed by atoms with Crippen LogP contribution < -0.4 is 5.32 Å². The van der Waals surface area contributed by atoms with Crippen molar-refractivity contribution in [2.45, 2.75) is 26.7 Å². The lowest BCUT2D eigenvalue weighted by molar-refractivity contribution is 0.0929. The van der Waals surface area contributed by atoms with Crippen molar-refractivity contribution in [3.05, 3.63) is 11.9 Å². The number of carbonyl (C=O) groups is 1. The highest BCUT2D eigenvalue weighted by Gasteiger charge is 2.19. The van der Waals surface area contributed by atoms with E-state index in [9.17, 15) is 4.79 Å². The number of carbonyl (C=O) groups excluding carboxylic acids is 1. The number of hydrogen-bond donors (Lipinski definition) is 2. The fourth-order valence-corrected chi connectivity index (χ4v) is 1.64. The third-order valence-corrected chi connectivity index (χ3v) is 2.92. The molecule has 0 bridgehead atoms. The van der Waals surface area contributed by atoms with E-state index in [1.807, 2.05) is 0 Å². The first kappa shape index (κ1) is 13.2. The molecule has 1 aromatic heterocycles. The van der Waals surface area contributed by atoms with Crippen LogP contribution in [0.1, 0.15) is 37.2 Å². The second-order valence-corrected chi connectivity index (χ2v) is 5.29. The van der Waals surface area contributed by atoms with Gasteiger partial charge in [-0.2, -0.15) is 15.4 Å². The van der Waals surface area contributed by atoms with Crippen LogP contribution in [0.5, 0.6) is 0 Å². The molecule has 0 aliphatic heterocycles. The molecule has 0 aromatic carbocycles. The van der Waals surface area contributed by atoms with Crippen molar-refractivity contribution in [2.24, 2.45) is 5.41 Å². The van der Waals surface area contributed by atoms with Gasteiger partial charge >= 0.3 is 0 Å². The van der Waals surface area contributed by atoms with Crippen molar-refractivity contribution in [1.82, 2.24) is 20.7 Å². The number of aromatic nitrogens is 3. The summed E-state index contributed by atoms with van der Waals surface area (Å²) in [7, 11) is 0. The van der Waals surface area contributed by atoms with Gasteiger partial charge in [-0.1, -0.05) is 29.8 Å². The van der Waals surface area contributed by atoms with Gasteiger partial charge in [0, 0.05) is 11.9 Å². The summed E-state index contributed by atoms with van der Waals surface area (Å²) in [6.07, 6.45) is 3.59. The first-order chi connectivity index (χ1) is 7.55. The predicted octanol–water partition coefficient (Wildman–Crippen LogP) is 1.74. The van der Waals surface area contributed by atoms with Crippen LogP contribution in [0, 0.1) is 5.41 Å². The summed E-state index contributed by atoms with van der Waals surface area (Å²) >= 11 is 3.40. The van der Waals surface area contributed by atoms with Gasteiger partial charge in [0.05, 0.1) is 6.20 Å². The summed E-state index contributed by atoms with van der Waals surface area (Å²) in [6.45, 7) is 4.92. The Kier molecular flexibility index (Phi) is 4.92. The van der Waals surface area contributed by atoms with Gasteiger partial charge in [-0.15, -0.1) is 0 Å². The van der Waals surface area contributed by atoms with Crippen molar-refractivity contribution in [3.63, 3.8) is 0 Å². The van der Waals surface area contributed by atoms with E-state index in [1.165, 1.54) is 6.20 Å². The molecule has 2 N–H and O–H groups in total. The van der Waals surface area contributed by atoms with Gasteiger partial charge in [0.25, 0.3) is 5.91 Å². The third kappa shape index (κ3) is 4.30. The van der Waals surface area contributed by atoms with Crippen molar-refractivity contribution >= 4 is 21.8 Å². The third-order valence-electron chi connectivity index (χ3n) is 2.36. The predicted molar refractivity (Wildman–Crippen MR) is 65.5 cm³/mol. The maximum Gasteiger partial charge on any atom is 0.273 e. The number of H-pyrrole nitrogens is 1. The molecular weight excluding hydrogens is 272 g/mol. The Labute approximate surface area is 104 Å². The number of nitrogens with one attached hydrogen (secondary N) is 2. The molecule has 1 rings (SSSR count). The SMILES string of the molecule is CC(C)(CCCBr)CNC(=O)c1cn[nH]n1. The van der Waals surface area contributed by atoms with Gasteiger partial charge in [0.15, 0.2) is 5.69 Å². The zero-order valence-electron chi connectivity index (χ0n) is 9.59. The Morgan fingerprint density at radius 2 is 2.38 bits per heavy atom. The Morgan fingerprint density at radius 1 is 1.62 bits per heavy atom. The minimum atomic E-state index is -0.180. The minimum Gasteiger partial charge on any atom is -0.350 e. The highest BCUT2D eigenvalue weighted by molar-refractivity contribution is 9.09. The van der Waals surface area contributed by atoms with Crippen molar-refractivity contribution in [3.8, 4) is 0 Å². The highest BCUT2D eigenvalue weighted by Crippen LogP contribution is 2.21.